The third kappa shape index (κ3) is 4.01. The number of nitrogens with zero attached hydrogens (tertiary/aromatic N) is 1. The van der Waals surface area contributed by atoms with Gasteiger partial charge in [-0.2, -0.15) is 0 Å². The Hall–Kier alpha value is -2.87. The van der Waals surface area contributed by atoms with Gasteiger partial charge >= 0.3 is 5.97 Å². The second kappa shape index (κ2) is 8.43. The molecule has 28 heavy (non-hydrogen) atoms. The lowest BCUT2D eigenvalue weighted by molar-refractivity contribution is 0.0531. The summed E-state index contributed by atoms with van der Waals surface area (Å²) in [6.07, 6.45) is 0. The summed E-state index contributed by atoms with van der Waals surface area (Å²) in [5.74, 6) is 0.877. The van der Waals surface area contributed by atoms with E-state index in [1.165, 1.54) is 11.3 Å². The van der Waals surface area contributed by atoms with Gasteiger partial charge in [0.1, 0.15) is 21.3 Å². The van der Waals surface area contributed by atoms with E-state index in [1.54, 1.807) is 13.8 Å². The first kappa shape index (κ1) is 19.9. The van der Waals surface area contributed by atoms with Gasteiger partial charge in [0.2, 0.25) is 0 Å². The zero-order chi connectivity index (χ0) is 20.3. The van der Waals surface area contributed by atoms with Crippen LogP contribution in [0.5, 0.6) is 5.75 Å². The number of benzene rings is 1. The summed E-state index contributed by atoms with van der Waals surface area (Å²) < 4.78 is 10.5. The molecule has 0 aliphatic carbocycles. The molecule has 8 heteroatoms. The lowest BCUT2D eigenvalue weighted by atomic mass is 10.2. The second-order valence-corrected chi connectivity index (χ2v) is 7.23. The van der Waals surface area contributed by atoms with Gasteiger partial charge in [0.25, 0.3) is 5.56 Å². The van der Waals surface area contributed by atoms with Crippen molar-refractivity contribution in [3.63, 3.8) is 0 Å². The predicted octanol–water partition coefficient (Wildman–Crippen LogP) is 4.04. The Morgan fingerprint density at radius 3 is 2.61 bits per heavy atom. The lowest BCUT2D eigenvalue weighted by Gasteiger charge is -2.15. The first-order chi connectivity index (χ1) is 13.4. The molecule has 1 atom stereocenters. The van der Waals surface area contributed by atoms with Gasteiger partial charge in [-0.15, -0.1) is 11.3 Å². The number of H-pyrrole nitrogens is 1. The number of nitrogens with one attached hydrogen (secondary N) is 2. The first-order valence-corrected chi connectivity index (χ1v) is 9.96. The zero-order valence-electron chi connectivity index (χ0n) is 16.3. The number of fused-ring (bicyclic) bond motifs is 1. The quantitative estimate of drug-likeness (QED) is 0.581. The highest BCUT2D eigenvalue weighted by Gasteiger charge is 2.21. The van der Waals surface area contributed by atoms with Crippen LogP contribution in [0.2, 0.25) is 0 Å². The van der Waals surface area contributed by atoms with Crippen molar-refractivity contribution >= 4 is 33.2 Å². The highest BCUT2D eigenvalue weighted by molar-refractivity contribution is 7.20. The van der Waals surface area contributed by atoms with Gasteiger partial charge in [-0.1, -0.05) is 0 Å². The predicted molar refractivity (Wildman–Crippen MR) is 111 cm³/mol. The van der Waals surface area contributed by atoms with Crippen molar-refractivity contribution in [2.24, 2.45) is 0 Å². The average molecular weight is 401 g/mol. The maximum absolute atomic E-state index is 12.6. The SMILES string of the molecule is CCOC(=O)c1sc2nc([C@H](C)Nc3ccc(OCC)cc3)[nH]c(=O)c2c1C. The molecule has 0 spiro atoms. The van der Waals surface area contributed by atoms with Gasteiger partial charge in [-0.3, -0.25) is 4.79 Å². The van der Waals surface area contributed by atoms with Crippen LogP contribution in [0.1, 0.15) is 47.9 Å². The summed E-state index contributed by atoms with van der Waals surface area (Å²) in [5.41, 5.74) is 1.23. The standard InChI is InChI=1S/C20H23N3O4S/c1-5-26-14-9-7-13(8-10-14)21-12(4)17-22-18(24)15-11(3)16(20(25)27-6-2)28-19(15)23-17/h7-10,12,21H,5-6H2,1-4H3,(H,22,23,24)/t12-/m0/s1. The molecule has 0 unspecified atom stereocenters. The molecule has 0 fully saturated rings. The van der Waals surface area contributed by atoms with Crippen molar-refractivity contribution in [1.82, 2.24) is 9.97 Å². The van der Waals surface area contributed by atoms with Crippen LogP contribution in [0.3, 0.4) is 0 Å². The van der Waals surface area contributed by atoms with Gasteiger partial charge in [-0.05, 0) is 57.5 Å². The number of aromatic nitrogens is 2. The van der Waals surface area contributed by atoms with Crippen molar-refractivity contribution in [2.45, 2.75) is 33.7 Å². The largest absolute Gasteiger partial charge is 0.494 e. The molecule has 0 saturated carbocycles. The van der Waals surface area contributed by atoms with Gasteiger partial charge < -0.3 is 19.8 Å². The molecular formula is C20H23N3O4S. The molecule has 0 radical (unpaired) electrons. The van der Waals surface area contributed by atoms with Crippen LogP contribution in [-0.2, 0) is 4.74 Å². The van der Waals surface area contributed by atoms with E-state index in [0.29, 0.717) is 33.1 Å². The van der Waals surface area contributed by atoms with E-state index >= 15 is 0 Å². The Balaban J connectivity index is 1.88. The first-order valence-electron chi connectivity index (χ1n) is 9.14. The zero-order valence-corrected chi connectivity index (χ0v) is 17.1. The molecule has 0 aliphatic rings. The fraction of sp³-hybridized carbons (Fsp3) is 0.350. The third-order valence-electron chi connectivity index (χ3n) is 4.24. The van der Waals surface area contributed by atoms with E-state index in [9.17, 15) is 9.59 Å². The summed E-state index contributed by atoms with van der Waals surface area (Å²) in [6.45, 7) is 8.23. The minimum Gasteiger partial charge on any atom is -0.494 e. The summed E-state index contributed by atoms with van der Waals surface area (Å²) in [6, 6.07) is 7.35. The molecule has 2 aromatic heterocycles. The normalized spacial score (nSPS) is 12.0. The Bertz CT molecular complexity index is 1040. The molecule has 148 valence electrons. The molecule has 1 aromatic carbocycles. The van der Waals surface area contributed by atoms with Crippen LogP contribution in [0.25, 0.3) is 10.2 Å². The molecule has 3 aromatic rings. The summed E-state index contributed by atoms with van der Waals surface area (Å²) in [7, 11) is 0. The monoisotopic (exact) mass is 401 g/mol. The minimum absolute atomic E-state index is 0.233. The number of carbonyl (C=O) groups is 1. The summed E-state index contributed by atoms with van der Waals surface area (Å²) in [4.78, 5) is 33.1. The second-order valence-electron chi connectivity index (χ2n) is 6.23. The summed E-state index contributed by atoms with van der Waals surface area (Å²) >= 11 is 1.18. The van der Waals surface area contributed by atoms with Crippen molar-refractivity contribution in [3.8, 4) is 5.75 Å². The van der Waals surface area contributed by atoms with E-state index < -0.39 is 5.97 Å². The van der Waals surface area contributed by atoms with Crippen LogP contribution in [0, 0.1) is 6.92 Å². The Labute approximate surface area is 166 Å². The highest BCUT2D eigenvalue weighted by Crippen LogP contribution is 2.29. The van der Waals surface area contributed by atoms with E-state index in [1.807, 2.05) is 38.1 Å². The molecule has 2 heterocycles. The van der Waals surface area contributed by atoms with Crippen molar-refractivity contribution in [1.29, 1.82) is 0 Å². The lowest BCUT2D eigenvalue weighted by Crippen LogP contribution is -2.17. The van der Waals surface area contributed by atoms with E-state index in [-0.39, 0.29) is 18.2 Å². The van der Waals surface area contributed by atoms with Crippen molar-refractivity contribution in [3.05, 3.63) is 50.9 Å². The number of aryl methyl sites for hydroxylation is 1. The third-order valence-corrected chi connectivity index (χ3v) is 5.40. The van der Waals surface area contributed by atoms with E-state index in [4.69, 9.17) is 9.47 Å². The molecule has 0 amide bonds. The number of aromatic amines is 1. The number of hydrogen-bond donors (Lipinski definition) is 2. The number of carbonyl (C=O) groups excluding carboxylic acids is 1. The highest BCUT2D eigenvalue weighted by atomic mass is 32.1. The molecule has 7 nitrogen and oxygen atoms in total. The number of thiophene rings is 1. The van der Waals surface area contributed by atoms with E-state index in [2.05, 4.69) is 15.3 Å². The number of ether oxygens (including phenoxy) is 2. The summed E-state index contributed by atoms with van der Waals surface area (Å²) in [5, 5.41) is 3.74. The van der Waals surface area contributed by atoms with Crippen LogP contribution < -0.4 is 15.6 Å². The van der Waals surface area contributed by atoms with E-state index in [0.717, 1.165) is 11.4 Å². The Kier molecular flexibility index (Phi) is 5.99. The smallest absolute Gasteiger partial charge is 0.348 e. The molecule has 0 saturated heterocycles. The van der Waals surface area contributed by atoms with Crippen LogP contribution in [0.15, 0.2) is 29.1 Å². The van der Waals surface area contributed by atoms with Crippen LogP contribution in [0.4, 0.5) is 5.69 Å². The maximum atomic E-state index is 12.6. The molecule has 0 bridgehead atoms. The maximum Gasteiger partial charge on any atom is 0.348 e. The van der Waals surface area contributed by atoms with Crippen molar-refractivity contribution < 1.29 is 14.3 Å². The number of esters is 1. The van der Waals surface area contributed by atoms with Gasteiger partial charge in [0, 0.05) is 5.69 Å². The van der Waals surface area contributed by atoms with Gasteiger partial charge in [-0.25, -0.2) is 9.78 Å². The van der Waals surface area contributed by atoms with Crippen LogP contribution >= 0.6 is 11.3 Å². The fourth-order valence-corrected chi connectivity index (χ4v) is 3.97. The number of hydrogen-bond acceptors (Lipinski definition) is 7. The van der Waals surface area contributed by atoms with Gasteiger partial charge in [0.15, 0.2) is 0 Å². The molecule has 0 aliphatic heterocycles. The van der Waals surface area contributed by atoms with Crippen LogP contribution in [-0.4, -0.2) is 29.2 Å². The number of anilines is 1. The molecule has 3 rings (SSSR count). The fourth-order valence-electron chi connectivity index (χ4n) is 2.89. The Morgan fingerprint density at radius 1 is 1.25 bits per heavy atom. The molecular weight excluding hydrogens is 378 g/mol. The minimum atomic E-state index is -0.426. The average Bonchev–Trinajstić information content (AvgIpc) is 3.01. The van der Waals surface area contributed by atoms with Crippen molar-refractivity contribution in [2.75, 3.05) is 18.5 Å². The molecule has 2 N–H and O–H groups in total. The Morgan fingerprint density at radius 2 is 1.96 bits per heavy atom. The topological polar surface area (TPSA) is 93.3 Å². The van der Waals surface area contributed by atoms with Gasteiger partial charge in [0.05, 0.1) is 24.6 Å². The number of rotatable bonds is 7.